The summed E-state index contributed by atoms with van der Waals surface area (Å²) in [7, 11) is 1.55. The predicted octanol–water partition coefficient (Wildman–Crippen LogP) is 3.30. The molecule has 1 N–H and O–H groups in total. The highest BCUT2D eigenvalue weighted by atomic mass is 16.6. The maximum atomic E-state index is 12.2. The number of ether oxygens (including phenoxy) is 2. The largest absolute Gasteiger partial charge is 0.495 e. The van der Waals surface area contributed by atoms with E-state index in [9.17, 15) is 4.79 Å². The summed E-state index contributed by atoms with van der Waals surface area (Å²) in [6, 6.07) is 7.65. The Morgan fingerprint density at radius 1 is 1.32 bits per heavy atom. The molecule has 0 unspecified atom stereocenters. The Kier molecular flexibility index (Phi) is 8.23. The minimum atomic E-state index is -0.493. The summed E-state index contributed by atoms with van der Waals surface area (Å²) in [6.07, 6.45) is 0.593. The van der Waals surface area contributed by atoms with Gasteiger partial charge in [0.1, 0.15) is 17.4 Å². The van der Waals surface area contributed by atoms with E-state index in [1.165, 1.54) is 0 Å². The third-order valence-corrected chi connectivity index (χ3v) is 3.42. The van der Waals surface area contributed by atoms with Crippen molar-refractivity contribution in [3.05, 3.63) is 29.3 Å². The van der Waals surface area contributed by atoms with Gasteiger partial charge in [-0.1, -0.05) is 13.0 Å². The fourth-order valence-electron chi connectivity index (χ4n) is 2.29. The number of nitriles is 1. The highest BCUT2D eigenvalue weighted by molar-refractivity contribution is 5.68. The lowest BCUT2D eigenvalue weighted by Gasteiger charge is -2.27. The van der Waals surface area contributed by atoms with E-state index in [2.05, 4.69) is 11.4 Å². The summed E-state index contributed by atoms with van der Waals surface area (Å²) in [5, 5.41) is 12.4. The number of benzene rings is 1. The molecular formula is C19H29N3O3. The first-order valence-corrected chi connectivity index (χ1v) is 8.56. The third kappa shape index (κ3) is 7.44. The van der Waals surface area contributed by atoms with Gasteiger partial charge in [-0.25, -0.2) is 4.79 Å². The molecule has 0 radical (unpaired) electrons. The number of nitrogens with one attached hydrogen (secondary N) is 1. The lowest BCUT2D eigenvalue weighted by Crippen LogP contribution is -2.40. The number of rotatable bonds is 8. The van der Waals surface area contributed by atoms with E-state index in [0.717, 1.165) is 12.0 Å². The number of nitrogens with zero attached hydrogens (tertiary/aromatic N) is 2. The Bertz CT molecular complexity index is 603. The van der Waals surface area contributed by atoms with Gasteiger partial charge in [0.25, 0.3) is 0 Å². The Balaban J connectivity index is 2.51. The second kappa shape index (κ2) is 9.90. The van der Waals surface area contributed by atoms with Crippen molar-refractivity contribution in [1.29, 1.82) is 5.26 Å². The predicted molar refractivity (Wildman–Crippen MR) is 97.5 cm³/mol. The van der Waals surface area contributed by atoms with E-state index < -0.39 is 5.60 Å². The monoisotopic (exact) mass is 347 g/mol. The third-order valence-electron chi connectivity index (χ3n) is 3.42. The van der Waals surface area contributed by atoms with Crippen molar-refractivity contribution in [3.63, 3.8) is 0 Å². The van der Waals surface area contributed by atoms with Crippen molar-refractivity contribution >= 4 is 6.09 Å². The average Bonchev–Trinajstić information content (AvgIpc) is 2.55. The molecule has 0 spiro atoms. The summed E-state index contributed by atoms with van der Waals surface area (Å²) >= 11 is 0. The molecular weight excluding hydrogens is 318 g/mol. The number of carbonyl (C=O) groups is 1. The van der Waals surface area contributed by atoms with Gasteiger partial charge in [0.05, 0.1) is 12.7 Å². The van der Waals surface area contributed by atoms with E-state index in [0.29, 0.717) is 37.5 Å². The van der Waals surface area contributed by atoms with Gasteiger partial charge < -0.3 is 19.7 Å². The zero-order valence-corrected chi connectivity index (χ0v) is 15.9. The number of hydrogen-bond donors (Lipinski definition) is 1. The Hall–Kier alpha value is -2.26. The zero-order valence-electron chi connectivity index (χ0n) is 15.9. The highest BCUT2D eigenvalue weighted by Crippen LogP contribution is 2.18. The molecule has 0 aromatic heterocycles. The molecule has 0 fully saturated rings. The minimum Gasteiger partial charge on any atom is -0.495 e. The quantitative estimate of drug-likeness (QED) is 0.730. The molecule has 0 aliphatic carbocycles. The molecule has 6 nitrogen and oxygen atoms in total. The van der Waals surface area contributed by atoms with Gasteiger partial charge in [-0.2, -0.15) is 5.26 Å². The molecule has 1 amide bonds. The summed E-state index contributed by atoms with van der Waals surface area (Å²) in [5.74, 6) is 0.574. The second-order valence-electron chi connectivity index (χ2n) is 6.79. The minimum absolute atomic E-state index is 0.285. The van der Waals surface area contributed by atoms with E-state index >= 15 is 0 Å². The molecule has 1 rings (SSSR count). The molecule has 0 bridgehead atoms. The van der Waals surface area contributed by atoms with Gasteiger partial charge in [-0.3, -0.25) is 0 Å². The number of carbonyl (C=O) groups excluding carboxylic acids is 1. The van der Waals surface area contributed by atoms with Crippen molar-refractivity contribution in [3.8, 4) is 11.8 Å². The van der Waals surface area contributed by atoms with Crippen LogP contribution in [-0.2, 0) is 11.3 Å². The number of hydrogen-bond acceptors (Lipinski definition) is 5. The van der Waals surface area contributed by atoms with Gasteiger partial charge in [-0.05, 0) is 44.9 Å². The molecule has 25 heavy (non-hydrogen) atoms. The van der Waals surface area contributed by atoms with Crippen LogP contribution in [0.2, 0.25) is 0 Å². The van der Waals surface area contributed by atoms with Crippen molar-refractivity contribution in [2.45, 2.75) is 46.3 Å². The number of amides is 1. The average molecular weight is 347 g/mol. The van der Waals surface area contributed by atoms with Crippen molar-refractivity contribution in [2.24, 2.45) is 0 Å². The van der Waals surface area contributed by atoms with E-state index in [4.69, 9.17) is 14.7 Å². The van der Waals surface area contributed by atoms with Gasteiger partial charge in [0, 0.05) is 26.2 Å². The molecule has 6 heteroatoms. The Morgan fingerprint density at radius 2 is 2.04 bits per heavy atom. The van der Waals surface area contributed by atoms with Gasteiger partial charge >= 0.3 is 6.09 Å². The smallest absolute Gasteiger partial charge is 0.410 e. The fraction of sp³-hybridized carbons (Fsp3) is 0.579. The summed E-state index contributed by atoms with van der Waals surface area (Å²) < 4.78 is 10.6. The van der Waals surface area contributed by atoms with Crippen LogP contribution in [0.3, 0.4) is 0 Å². The molecule has 0 heterocycles. The van der Waals surface area contributed by atoms with Crippen LogP contribution in [0.1, 0.15) is 45.2 Å². The highest BCUT2D eigenvalue weighted by Gasteiger charge is 2.21. The molecule has 0 atom stereocenters. The molecule has 0 aliphatic rings. The van der Waals surface area contributed by atoms with Crippen molar-refractivity contribution < 1.29 is 14.3 Å². The topological polar surface area (TPSA) is 74.6 Å². The van der Waals surface area contributed by atoms with Gasteiger partial charge in [-0.15, -0.1) is 0 Å². The SMILES string of the molecule is CCCN(CCNCc1ccc(OC)c(C#N)c1)C(=O)OC(C)(C)C. The van der Waals surface area contributed by atoms with Gasteiger partial charge in [0.15, 0.2) is 0 Å². The Morgan fingerprint density at radius 3 is 2.60 bits per heavy atom. The van der Waals surface area contributed by atoms with Gasteiger partial charge in [0.2, 0.25) is 0 Å². The first-order valence-electron chi connectivity index (χ1n) is 8.56. The summed E-state index contributed by atoms with van der Waals surface area (Å²) in [5.41, 5.74) is 1.02. The maximum Gasteiger partial charge on any atom is 0.410 e. The van der Waals surface area contributed by atoms with Crippen LogP contribution in [0.5, 0.6) is 5.75 Å². The van der Waals surface area contributed by atoms with Crippen molar-refractivity contribution in [2.75, 3.05) is 26.7 Å². The zero-order chi connectivity index (χ0) is 18.9. The standard InChI is InChI=1S/C19H29N3O3/c1-6-10-22(18(23)25-19(2,3)4)11-9-21-14-15-7-8-17(24-5)16(12-15)13-20/h7-8,12,21H,6,9-11,14H2,1-5H3. The summed E-state index contributed by atoms with van der Waals surface area (Å²) in [6.45, 7) is 10.1. The first kappa shape index (κ1) is 20.8. The van der Waals surface area contributed by atoms with Crippen LogP contribution in [0.4, 0.5) is 4.79 Å². The molecule has 0 saturated carbocycles. The lowest BCUT2D eigenvalue weighted by atomic mass is 10.1. The lowest BCUT2D eigenvalue weighted by molar-refractivity contribution is 0.0252. The van der Waals surface area contributed by atoms with Crippen molar-refractivity contribution in [1.82, 2.24) is 10.2 Å². The van der Waals surface area contributed by atoms with Crippen LogP contribution in [0.15, 0.2) is 18.2 Å². The van der Waals surface area contributed by atoms with Crippen LogP contribution < -0.4 is 10.1 Å². The Labute approximate surface area is 150 Å². The fourth-order valence-corrected chi connectivity index (χ4v) is 2.29. The summed E-state index contributed by atoms with van der Waals surface area (Å²) in [4.78, 5) is 13.9. The maximum absolute atomic E-state index is 12.2. The van der Waals surface area contributed by atoms with Crippen LogP contribution in [0.25, 0.3) is 0 Å². The number of methoxy groups -OCH3 is 1. The first-order chi connectivity index (χ1) is 11.8. The van der Waals surface area contributed by atoms with E-state index in [1.807, 2.05) is 39.8 Å². The second-order valence-corrected chi connectivity index (χ2v) is 6.79. The molecule has 0 aliphatic heterocycles. The van der Waals surface area contributed by atoms with Crippen LogP contribution >= 0.6 is 0 Å². The molecule has 1 aromatic carbocycles. The van der Waals surface area contributed by atoms with E-state index in [-0.39, 0.29) is 6.09 Å². The molecule has 138 valence electrons. The normalized spacial score (nSPS) is 10.9. The molecule has 0 saturated heterocycles. The molecule has 1 aromatic rings. The van der Waals surface area contributed by atoms with Crippen LogP contribution in [-0.4, -0.2) is 43.3 Å². The van der Waals surface area contributed by atoms with E-state index in [1.54, 1.807) is 18.1 Å². The van der Waals surface area contributed by atoms with Crippen LogP contribution in [0, 0.1) is 11.3 Å².